The Morgan fingerprint density at radius 3 is 2.20 bits per heavy atom. The normalized spacial score (nSPS) is 22.9. The van der Waals surface area contributed by atoms with Crippen LogP contribution in [-0.4, -0.2) is 0 Å². The number of hydrogen-bond donors (Lipinski definition) is 0. The topological polar surface area (TPSA) is 0 Å². The molecule has 1 aromatic carbocycles. The predicted molar refractivity (Wildman–Crippen MR) is 79.7 cm³/mol. The lowest BCUT2D eigenvalue weighted by atomic mass is 9.78. The molecular formula is C18H26F2. The summed E-state index contributed by atoms with van der Waals surface area (Å²) in [6.07, 6.45) is 11.4. The lowest BCUT2D eigenvalue weighted by Crippen LogP contribution is -2.15. The van der Waals surface area contributed by atoms with E-state index < -0.39 is 11.6 Å². The van der Waals surface area contributed by atoms with Crippen LogP contribution < -0.4 is 0 Å². The van der Waals surface area contributed by atoms with E-state index in [4.69, 9.17) is 0 Å². The van der Waals surface area contributed by atoms with Crippen LogP contribution in [0.5, 0.6) is 0 Å². The van der Waals surface area contributed by atoms with Crippen molar-refractivity contribution in [2.24, 2.45) is 11.8 Å². The van der Waals surface area contributed by atoms with Crippen molar-refractivity contribution in [1.29, 1.82) is 0 Å². The Kier molecular flexibility index (Phi) is 6.00. The van der Waals surface area contributed by atoms with E-state index in [1.54, 1.807) is 6.07 Å². The Hall–Kier alpha value is -0.920. The number of benzene rings is 1. The first-order valence-electron chi connectivity index (χ1n) is 8.13. The van der Waals surface area contributed by atoms with Gasteiger partial charge in [0.25, 0.3) is 0 Å². The maximum Gasteiger partial charge on any atom is 0.159 e. The zero-order chi connectivity index (χ0) is 14.4. The van der Waals surface area contributed by atoms with E-state index >= 15 is 0 Å². The SMILES string of the molecule is CCCCC1CCC(CCc2ccc(F)c(F)c2)CC1. The highest BCUT2D eigenvalue weighted by Crippen LogP contribution is 2.34. The summed E-state index contributed by atoms with van der Waals surface area (Å²) in [6.45, 7) is 2.26. The smallest absolute Gasteiger partial charge is 0.159 e. The number of halogens is 2. The van der Waals surface area contributed by atoms with Gasteiger partial charge in [-0.15, -0.1) is 0 Å². The van der Waals surface area contributed by atoms with Crippen LogP contribution in [0.4, 0.5) is 8.78 Å². The monoisotopic (exact) mass is 280 g/mol. The van der Waals surface area contributed by atoms with Gasteiger partial charge in [0.05, 0.1) is 0 Å². The molecule has 0 amide bonds. The minimum atomic E-state index is -0.745. The molecule has 2 heteroatoms. The van der Waals surface area contributed by atoms with Crippen molar-refractivity contribution in [2.75, 3.05) is 0 Å². The third-order valence-electron chi connectivity index (χ3n) is 4.76. The summed E-state index contributed by atoms with van der Waals surface area (Å²) in [5.74, 6) is 0.256. The Bertz CT molecular complexity index is 406. The van der Waals surface area contributed by atoms with E-state index in [-0.39, 0.29) is 0 Å². The summed E-state index contributed by atoms with van der Waals surface area (Å²) in [4.78, 5) is 0. The molecule has 0 aromatic heterocycles. The van der Waals surface area contributed by atoms with E-state index in [1.807, 2.05) is 0 Å². The zero-order valence-electron chi connectivity index (χ0n) is 12.5. The molecule has 2 rings (SSSR count). The Morgan fingerprint density at radius 1 is 0.950 bits per heavy atom. The molecule has 0 spiro atoms. The summed E-state index contributed by atoms with van der Waals surface area (Å²) >= 11 is 0. The van der Waals surface area contributed by atoms with Gasteiger partial charge >= 0.3 is 0 Å². The Morgan fingerprint density at radius 2 is 1.60 bits per heavy atom. The minimum absolute atomic E-state index is 0.717. The lowest BCUT2D eigenvalue weighted by molar-refractivity contribution is 0.250. The third-order valence-corrected chi connectivity index (χ3v) is 4.76. The molecule has 0 N–H and O–H groups in total. The van der Waals surface area contributed by atoms with Gasteiger partial charge in [0.15, 0.2) is 11.6 Å². The van der Waals surface area contributed by atoms with Crippen molar-refractivity contribution < 1.29 is 8.78 Å². The molecule has 0 atom stereocenters. The van der Waals surface area contributed by atoms with Gasteiger partial charge in [-0.3, -0.25) is 0 Å². The summed E-state index contributed by atoms with van der Waals surface area (Å²) in [5.41, 5.74) is 0.928. The molecule has 1 aliphatic carbocycles. The van der Waals surface area contributed by atoms with Crippen LogP contribution in [0.25, 0.3) is 0 Å². The van der Waals surface area contributed by atoms with Gasteiger partial charge in [-0.25, -0.2) is 8.78 Å². The van der Waals surface area contributed by atoms with Gasteiger partial charge in [0, 0.05) is 0 Å². The summed E-state index contributed by atoms with van der Waals surface area (Å²) in [7, 11) is 0. The highest BCUT2D eigenvalue weighted by molar-refractivity contribution is 5.17. The Balaban J connectivity index is 1.71. The number of rotatable bonds is 6. The second-order valence-corrected chi connectivity index (χ2v) is 6.32. The van der Waals surface area contributed by atoms with Crippen LogP contribution in [0.3, 0.4) is 0 Å². The van der Waals surface area contributed by atoms with E-state index in [2.05, 4.69) is 6.92 Å². The first-order valence-corrected chi connectivity index (χ1v) is 8.13. The van der Waals surface area contributed by atoms with Crippen molar-refractivity contribution in [3.8, 4) is 0 Å². The van der Waals surface area contributed by atoms with Crippen LogP contribution in [0.15, 0.2) is 18.2 Å². The largest absolute Gasteiger partial charge is 0.204 e. The van der Waals surface area contributed by atoms with Crippen molar-refractivity contribution in [3.63, 3.8) is 0 Å². The molecule has 0 unspecified atom stereocenters. The van der Waals surface area contributed by atoms with Gasteiger partial charge < -0.3 is 0 Å². The highest BCUT2D eigenvalue weighted by Gasteiger charge is 2.20. The summed E-state index contributed by atoms with van der Waals surface area (Å²) < 4.78 is 26.0. The van der Waals surface area contributed by atoms with E-state index in [9.17, 15) is 8.78 Å². The summed E-state index contributed by atoms with van der Waals surface area (Å²) in [6, 6.07) is 4.31. The molecular weight excluding hydrogens is 254 g/mol. The molecule has 0 radical (unpaired) electrons. The van der Waals surface area contributed by atoms with Crippen LogP contribution in [0.2, 0.25) is 0 Å². The van der Waals surface area contributed by atoms with Gasteiger partial charge in [0.2, 0.25) is 0 Å². The van der Waals surface area contributed by atoms with Gasteiger partial charge in [0.1, 0.15) is 0 Å². The standard InChI is InChI=1S/C18H26F2/c1-2-3-4-14-5-7-15(8-6-14)9-10-16-11-12-17(19)18(20)13-16/h11-15H,2-10H2,1H3. The van der Waals surface area contributed by atoms with Crippen LogP contribution in [0.1, 0.15) is 63.9 Å². The maximum absolute atomic E-state index is 13.1. The fraction of sp³-hybridized carbons (Fsp3) is 0.667. The average Bonchev–Trinajstić information content (AvgIpc) is 2.47. The molecule has 0 heterocycles. The second-order valence-electron chi connectivity index (χ2n) is 6.32. The quantitative estimate of drug-likeness (QED) is 0.609. The average molecular weight is 280 g/mol. The van der Waals surface area contributed by atoms with Crippen molar-refractivity contribution >= 4 is 0 Å². The third kappa shape index (κ3) is 4.57. The fourth-order valence-corrected chi connectivity index (χ4v) is 3.37. The highest BCUT2D eigenvalue weighted by atomic mass is 19.2. The van der Waals surface area contributed by atoms with Crippen LogP contribution >= 0.6 is 0 Å². The molecule has 0 nitrogen and oxygen atoms in total. The molecule has 1 aliphatic rings. The Labute approximate surface area is 121 Å². The molecule has 1 aromatic rings. The zero-order valence-corrected chi connectivity index (χ0v) is 12.5. The van der Waals surface area contributed by atoms with E-state index in [0.29, 0.717) is 0 Å². The van der Waals surface area contributed by atoms with Gasteiger partial charge in [-0.1, -0.05) is 57.9 Å². The van der Waals surface area contributed by atoms with Gasteiger partial charge in [-0.05, 0) is 42.4 Å². The van der Waals surface area contributed by atoms with E-state index in [0.717, 1.165) is 30.2 Å². The molecule has 1 saturated carbocycles. The first-order chi connectivity index (χ1) is 9.69. The van der Waals surface area contributed by atoms with Crippen LogP contribution in [0, 0.1) is 23.5 Å². The van der Waals surface area contributed by atoms with Crippen molar-refractivity contribution in [3.05, 3.63) is 35.4 Å². The molecule has 112 valence electrons. The number of hydrogen-bond acceptors (Lipinski definition) is 0. The number of aryl methyl sites for hydroxylation is 1. The molecule has 0 bridgehead atoms. The molecule has 0 saturated heterocycles. The fourth-order valence-electron chi connectivity index (χ4n) is 3.37. The van der Waals surface area contributed by atoms with E-state index in [1.165, 1.54) is 57.1 Å². The molecule has 1 fully saturated rings. The van der Waals surface area contributed by atoms with Crippen molar-refractivity contribution in [2.45, 2.75) is 64.7 Å². The first kappa shape index (κ1) is 15.5. The second kappa shape index (κ2) is 7.75. The van der Waals surface area contributed by atoms with Gasteiger partial charge in [-0.2, -0.15) is 0 Å². The minimum Gasteiger partial charge on any atom is -0.204 e. The van der Waals surface area contributed by atoms with Crippen molar-refractivity contribution in [1.82, 2.24) is 0 Å². The molecule has 20 heavy (non-hydrogen) atoms. The maximum atomic E-state index is 13.1. The predicted octanol–water partition coefficient (Wildman–Crippen LogP) is 5.89. The van der Waals surface area contributed by atoms with Crippen LogP contribution in [-0.2, 0) is 6.42 Å². The molecule has 0 aliphatic heterocycles. The lowest BCUT2D eigenvalue weighted by Gasteiger charge is -2.28. The number of unbranched alkanes of at least 4 members (excludes halogenated alkanes) is 1. The summed E-state index contributed by atoms with van der Waals surface area (Å²) in [5, 5.41) is 0.